The molecule has 1 aromatic heterocycles. The molecule has 21 heavy (non-hydrogen) atoms. The largest absolute Gasteiger partial charge is 0.478 e. The summed E-state index contributed by atoms with van der Waals surface area (Å²) in [5.74, 6) is -1.83. The summed E-state index contributed by atoms with van der Waals surface area (Å²) in [6.45, 7) is 0.0384. The van der Waals surface area contributed by atoms with Gasteiger partial charge in [-0.3, -0.25) is 19.3 Å². The first-order chi connectivity index (χ1) is 9.97. The molecular formula is C13H13N3O5. The van der Waals surface area contributed by atoms with Crippen molar-refractivity contribution in [1.29, 1.82) is 0 Å². The monoisotopic (exact) mass is 291 g/mol. The molecule has 8 nitrogen and oxygen atoms in total. The van der Waals surface area contributed by atoms with Gasteiger partial charge < -0.3 is 10.4 Å². The van der Waals surface area contributed by atoms with Crippen LogP contribution in [0.5, 0.6) is 0 Å². The summed E-state index contributed by atoms with van der Waals surface area (Å²) in [6.07, 6.45) is 1.49. The number of carbonyl (C=O) groups is 4. The fourth-order valence-electron chi connectivity index (χ4n) is 1.89. The molecule has 0 spiro atoms. The van der Waals surface area contributed by atoms with Crippen LogP contribution in [0.1, 0.15) is 29.6 Å². The zero-order valence-electron chi connectivity index (χ0n) is 11.0. The number of nitrogens with one attached hydrogen (secondary N) is 1. The van der Waals surface area contributed by atoms with Gasteiger partial charge >= 0.3 is 5.97 Å². The zero-order chi connectivity index (χ0) is 15.4. The lowest BCUT2D eigenvalue weighted by molar-refractivity contribution is -0.138. The van der Waals surface area contributed by atoms with Crippen LogP contribution in [0.4, 0.5) is 5.82 Å². The highest BCUT2D eigenvalue weighted by molar-refractivity contribution is 6.02. The smallest absolute Gasteiger partial charge is 0.337 e. The van der Waals surface area contributed by atoms with Gasteiger partial charge in [0.15, 0.2) is 0 Å². The van der Waals surface area contributed by atoms with E-state index in [-0.39, 0.29) is 49.0 Å². The number of carboxylic acids is 1. The number of rotatable bonds is 5. The summed E-state index contributed by atoms with van der Waals surface area (Å²) in [6, 6.07) is 2.69. The molecule has 0 saturated carbocycles. The standard InChI is InChI=1S/C13H13N3O5/c17-10(5-6-16-11(18)3-4-12(16)19)15-9-2-1-8(7-14-9)13(20)21/h1-2,7H,3-6H2,(H,20,21)(H,14,15,17). The number of likely N-dealkylation sites (tertiary alicyclic amines) is 1. The fourth-order valence-corrected chi connectivity index (χ4v) is 1.89. The second kappa shape index (κ2) is 6.12. The minimum atomic E-state index is -1.11. The normalized spacial score (nSPS) is 14.4. The Bertz CT molecular complexity index is 580. The molecule has 8 heteroatoms. The lowest BCUT2D eigenvalue weighted by atomic mass is 10.3. The highest BCUT2D eigenvalue weighted by Gasteiger charge is 2.28. The number of hydrogen-bond donors (Lipinski definition) is 2. The first kappa shape index (κ1) is 14.6. The highest BCUT2D eigenvalue weighted by Crippen LogP contribution is 2.12. The van der Waals surface area contributed by atoms with Crippen LogP contribution in [-0.2, 0) is 14.4 Å². The van der Waals surface area contributed by atoms with Crippen LogP contribution in [0, 0.1) is 0 Å². The second-order valence-electron chi connectivity index (χ2n) is 4.47. The van der Waals surface area contributed by atoms with Crippen LogP contribution in [0.2, 0.25) is 0 Å². The predicted molar refractivity (Wildman–Crippen MR) is 70.4 cm³/mol. The first-order valence-electron chi connectivity index (χ1n) is 6.30. The number of nitrogens with zero attached hydrogens (tertiary/aromatic N) is 2. The summed E-state index contributed by atoms with van der Waals surface area (Å²) in [5, 5.41) is 11.2. The third-order valence-electron chi connectivity index (χ3n) is 3.00. The number of carboxylic acid groups (broad SMARTS) is 1. The number of hydrogen-bond acceptors (Lipinski definition) is 5. The topological polar surface area (TPSA) is 117 Å². The van der Waals surface area contributed by atoms with Crippen molar-refractivity contribution in [1.82, 2.24) is 9.88 Å². The van der Waals surface area contributed by atoms with Crippen molar-refractivity contribution in [3.8, 4) is 0 Å². The minimum absolute atomic E-state index is 0.0151. The molecule has 0 radical (unpaired) electrons. The van der Waals surface area contributed by atoms with E-state index in [0.29, 0.717) is 0 Å². The highest BCUT2D eigenvalue weighted by atomic mass is 16.4. The van der Waals surface area contributed by atoms with E-state index in [1.807, 2.05) is 0 Å². The maximum atomic E-state index is 11.7. The summed E-state index contributed by atoms with van der Waals surface area (Å²) < 4.78 is 0. The Morgan fingerprint density at radius 2 is 1.90 bits per heavy atom. The molecule has 0 atom stereocenters. The van der Waals surface area contributed by atoms with E-state index in [4.69, 9.17) is 5.11 Å². The van der Waals surface area contributed by atoms with E-state index in [1.54, 1.807) is 0 Å². The molecule has 2 N–H and O–H groups in total. The molecule has 3 amide bonds. The van der Waals surface area contributed by atoms with Crippen molar-refractivity contribution < 1.29 is 24.3 Å². The van der Waals surface area contributed by atoms with Gasteiger partial charge in [-0.1, -0.05) is 0 Å². The molecule has 1 aliphatic rings. The van der Waals surface area contributed by atoms with Gasteiger partial charge in [-0.15, -0.1) is 0 Å². The molecule has 0 aromatic carbocycles. The Morgan fingerprint density at radius 1 is 1.24 bits per heavy atom. The number of aromatic nitrogens is 1. The third kappa shape index (κ3) is 3.62. The minimum Gasteiger partial charge on any atom is -0.478 e. The van der Waals surface area contributed by atoms with E-state index in [9.17, 15) is 19.2 Å². The maximum absolute atomic E-state index is 11.7. The number of carbonyl (C=O) groups excluding carboxylic acids is 3. The van der Waals surface area contributed by atoms with E-state index < -0.39 is 11.9 Å². The fraction of sp³-hybridized carbons (Fsp3) is 0.308. The lowest BCUT2D eigenvalue weighted by Gasteiger charge is -2.13. The summed E-state index contributed by atoms with van der Waals surface area (Å²) in [4.78, 5) is 49.9. The molecule has 1 saturated heterocycles. The number of anilines is 1. The van der Waals surface area contributed by atoms with Crippen molar-refractivity contribution in [3.05, 3.63) is 23.9 Å². The zero-order valence-corrected chi connectivity index (χ0v) is 11.0. The molecule has 1 aromatic rings. The number of imide groups is 1. The molecule has 0 aliphatic carbocycles. The van der Waals surface area contributed by atoms with Gasteiger partial charge in [-0.2, -0.15) is 0 Å². The number of aromatic carboxylic acids is 1. The van der Waals surface area contributed by atoms with Crippen molar-refractivity contribution in [2.24, 2.45) is 0 Å². The molecule has 2 heterocycles. The van der Waals surface area contributed by atoms with E-state index in [1.165, 1.54) is 12.1 Å². The Kier molecular flexibility index (Phi) is 4.27. The van der Waals surface area contributed by atoms with E-state index in [0.717, 1.165) is 11.1 Å². The van der Waals surface area contributed by atoms with Gasteiger partial charge in [0.2, 0.25) is 17.7 Å². The second-order valence-corrected chi connectivity index (χ2v) is 4.47. The summed E-state index contributed by atoms with van der Waals surface area (Å²) in [7, 11) is 0. The van der Waals surface area contributed by atoms with Gasteiger partial charge in [0.1, 0.15) is 5.82 Å². The van der Waals surface area contributed by atoms with Crippen molar-refractivity contribution >= 4 is 29.5 Å². The predicted octanol–water partition coefficient (Wildman–Crippen LogP) is 0.257. The quantitative estimate of drug-likeness (QED) is 0.751. The van der Waals surface area contributed by atoms with Gasteiger partial charge in [0, 0.05) is 32.0 Å². The maximum Gasteiger partial charge on any atom is 0.337 e. The molecule has 0 unspecified atom stereocenters. The van der Waals surface area contributed by atoms with Crippen LogP contribution >= 0.6 is 0 Å². The first-order valence-corrected chi connectivity index (χ1v) is 6.30. The van der Waals surface area contributed by atoms with Crippen LogP contribution in [0.25, 0.3) is 0 Å². The van der Waals surface area contributed by atoms with Crippen molar-refractivity contribution in [2.75, 3.05) is 11.9 Å². The molecule has 110 valence electrons. The van der Waals surface area contributed by atoms with Crippen molar-refractivity contribution in [2.45, 2.75) is 19.3 Å². The average molecular weight is 291 g/mol. The Hall–Kier alpha value is -2.77. The summed E-state index contributed by atoms with van der Waals surface area (Å²) >= 11 is 0. The van der Waals surface area contributed by atoms with Gasteiger partial charge in [-0.05, 0) is 12.1 Å². The van der Waals surface area contributed by atoms with Crippen LogP contribution in [0.15, 0.2) is 18.3 Å². The molecular weight excluding hydrogens is 278 g/mol. The lowest BCUT2D eigenvalue weighted by Crippen LogP contribution is -2.32. The van der Waals surface area contributed by atoms with Crippen LogP contribution in [-0.4, -0.2) is 45.2 Å². The van der Waals surface area contributed by atoms with Crippen LogP contribution < -0.4 is 5.32 Å². The molecule has 1 fully saturated rings. The van der Waals surface area contributed by atoms with Gasteiger partial charge in [-0.25, -0.2) is 9.78 Å². The molecule has 2 rings (SSSR count). The summed E-state index contributed by atoms with van der Waals surface area (Å²) in [5.41, 5.74) is 0.0151. The van der Waals surface area contributed by atoms with E-state index >= 15 is 0 Å². The average Bonchev–Trinajstić information content (AvgIpc) is 2.76. The van der Waals surface area contributed by atoms with Crippen molar-refractivity contribution in [3.63, 3.8) is 0 Å². The molecule has 0 bridgehead atoms. The Balaban J connectivity index is 1.85. The SMILES string of the molecule is O=C(CCN1C(=O)CCC1=O)Nc1ccc(C(=O)O)cn1. The third-order valence-corrected chi connectivity index (χ3v) is 3.00. The number of amides is 3. The Morgan fingerprint density at radius 3 is 2.43 bits per heavy atom. The Labute approximate surface area is 119 Å². The van der Waals surface area contributed by atoms with E-state index in [2.05, 4.69) is 10.3 Å². The number of pyridine rings is 1. The molecule has 1 aliphatic heterocycles. The van der Waals surface area contributed by atoms with Gasteiger partial charge in [0.05, 0.1) is 5.56 Å². The van der Waals surface area contributed by atoms with Crippen LogP contribution in [0.3, 0.4) is 0 Å². The van der Waals surface area contributed by atoms with Gasteiger partial charge in [0.25, 0.3) is 0 Å².